The Morgan fingerprint density at radius 2 is 1.36 bits per heavy atom. The molecule has 0 aliphatic carbocycles. The Labute approximate surface area is 138 Å². The van der Waals surface area contributed by atoms with Gasteiger partial charge in [0.15, 0.2) is 0 Å². The lowest BCUT2D eigenvalue weighted by Crippen LogP contribution is -1.98. The van der Waals surface area contributed by atoms with E-state index in [4.69, 9.17) is 4.42 Å². The Morgan fingerprint density at radius 1 is 0.818 bits per heavy atom. The third-order valence-electron chi connectivity index (χ3n) is 4.68. The SMILES string of the molecule is CCCCCCCCCCCCCCC(C)Cc1ccco1. The van der Waals surface area contributed by atoms with E-state index >= 15 is 0 Å². The van der Waals surface area contributed by atoms with Crippen molar-refractivity contribution in [1.29, 1.82) is 0 Å². The van der Waals surface area contributed by atoms with Gasteiger partial charge in [-0.25, -0.2) is 0 Å². The van der Waals surface area contributed by atoms with Crippen LogP contribution in [0.25, 0.3) is 0 Å². The molecule has 1 rings (SSSR count). The molecule has 1 atom stereocenters. The molecule has 0 saturated heterocycles. The standard InChI is InChI=1S/C21H38O/c1-3-4-5-6-7-8-9-10-11-12-13-14-16-20(2)19-21-17-15-18-22-21/h15,17-18,20H,3-14,16,19H2,1-2H3. The van der Waals surface area contributed by atoms with E-state index in [9.17, 15) is 0 Å². The van der Waals surface area contributed by atoms with Crippen molar-refractivity contribution in [1.82, 2.24) is 0 Å². The average molecular weight is 307 g/mol. The van der Waals surface area contributed by atoms with E-state index in [1.807, 2.05) is 6.07 Å². The lowest BCUT2D eigenvalue weighted by Gasteiger charge is -2.09. The first-order valence-corrected chi connectivity index (χ1v) is 9.85. The third kappa shape index (κ3) is 10.9. The van der Waals surface area contributed by atoms with Crippen LogP contribution in [-0.2, 0) is 6.42 Å². The predicted octanol–water partition coefficient (Wildman–Crippen LogP) is 7.55. The Kier molecular flexibility index (Phi) is 12.2. The van der Waals surface area contributed by atoms with Crippen molar-refractivity contribution < 1.29 is 4.42 Å². The van der Waals surface area contributed by atoms with Crippen molar-refractivity contribution in [3.63, 3.8) is 0 Å². The second-order valence-corrected chi connectivity index (χ2v) is 7.07. The zero-order valence-electron chi connectivity index (χ0n) is 15.1. The second kappa shape index (κ2) is 13.9. The van der Waals surface area contributed by atoms with Crippen LogP contribution in [0.1, 0.15) is 103 Å². The monoisotopic (exact) mass is 306 g/mol. The fraction of sp³-hybridized carbons (Fsp3) is 0.810. The molecule has 1 aromatic rings. The van der Waals surface area contributed by atoms with Crippen LogP contribution in [-0.4, -0.2) is 0 Å². The third-order valence-corrected chi connectivity index (χ3v) is 4.68. The summed E-state index contributed by atoms with van der Waals surface area (Å²) in [5.41, 5.74) is 0. The van der Waals surface area contributed by atoms with E-state index in [1.54, 1.807) is 6.26 Å². The van der Waals surface area contributed by atoms with Crippen LogP contribution in [0, 0.1) is 5.92 Å². The van der Waals surface area contributed by atoms with E-state index in [-0.39, 0.29) is 0 Å². The molecule has 0 bridgehead atoms. The van der Waals surface area contributed by atoms with E-state index in [1.165, 1.54) is 83.5 Å². The van der Waals surface area contributed by atoms with Crippen LogP contribution in [0.5, 0.6) is 0 Å². The summed E-state index contributed by atoms with van der Waals surface area (Å²) in [5.74, 6) is 1.90. The first-order chi connectivity index (χ1) is 10.8. The molecule has 0 fully saturated rings. The Bertz CT molecular complexity index is 315. The molecule has 0 saturated carbocycles. The van der Waals surface area contributed by atoms with Gasteiger partial charge in [0.1, 0.15) is 5.76 Å². The number of hydrogen-bond acceptors (Lipinski definition) is 1. The van der Waals surface area contributed by atoms with Crippen LogP contribution in [0.4, 0.5) is 0 Å². The fourth-order valence-corrected chi connectivity index (χ4v) is 3.21. The molecule has 0 spiro atoms. The zero-order valence-corrected chi connectivity index (χ0v) is 15.1. The van der Waals surface area contributed by atoms with Crippen LogP contribution in [0.15, 0.2) is 22.8 Å². The van der Waals surface area contributed by atoms with Crippen LogP contribution < -0.4 is 0 Å². The highest BCUT2D eigenvalue weighted by Crippen LogP contribution is 2.17. The predicted molar refractivity (Wildman–Crippen MR) is 97.3 cm³/mol. The summed E-state index contributed by atoms with van der Waals surface area (Å²) < 4.78 is 5.42. The molecule has 128 valence electrons. The molecule has 0 aliphatic rings. The van der Waals surface area contributed by atoms with Crippen molar-refractivity contribution in [2.45, 2.75) is 104 Å². The minimum atomic E-state index is 0.759. The fourth-order valence-electron chi connectivity index (χ4n) is 3.21. The van der Waals surface area contributed by atoms with Gasteiger partial charge in [0.2, 0.25) is 0 Å². The van der Waals surface area contributed by atoms with Gasteiger partial charge >= 0.3 is 0 Å². The van der Waals surface area contributed by atoms with Crippen LogP contribution >= 0.6 is 0 Å². The van der Waals surface area contributed by atoms with E-state index in [0.29, 0.717) is 0 Å². The maximum Gasteiger partial charge on any atom is 0.104 e. The molecule has 0 amide bonds. The first kappa shape index (κ1) is 19.3. The maximum absolute atomic E-state index is 5.42. The van der Waals surface area contributed by atoms with Crippen molar-refractivity contribution in [2.24, 2.45) is 5.92 Å². The lowest BCUT2D eigenvalue weighted by atomic mass is 9.98. The van der Waals surface area contributed by atoms with Gasteiger partial charge < -0.3 is 4.42 Å². The molecule has 1 heteroatoms. The highest BCUT2D eigenvalue weighted by Gasteiger charge is 2.05. The van der Waals surface area contributed by atoms with Gasteiger partial charge in [0.25, 0.3) is 0 Å². The van der Waals surface area contributed by atoms with Crippen molar-refractivity contribution in [3.8, 4) is 0 Å². The molecule has 1 aromatic heterocycles. The zero-order chi connectivity index (χ0) is 15.9. The van der Waals surface area contributed by atoms with E-state index in [2.05, 4.69) is 19.9 Å². The van der Waals surface area contributed by atoms with Crippen LogP contribution in [0.2, 0.25) is 0 Å². The van der Waals surface area contributed by atoms with Gasteiger partial charge in [-0.3, -0.25) is 0 Å². The number of hydrogen-bond donors (Lipinski definition) is 0. The highest BCUT2D eigenvalue weighted by molar-refractivity contribution is 4.98. The molecule has 22 heavy (non-hydrogen) atoms. The molecule has 0 aliphatic heterocycles. The maximum atomic E-state index is 5.42. The average Bonchev–Trinajstić information content (AvgIpc) is 3.01. The first-order valence-electron chi connectivity index (χ1n) is 9.85. The molecule has 1 unspecified atom stereocenters. The Balaban J connectivity index is 1.78. The summed E-state index contributed by atoms with van der Waals surface area (Å²) >= 11 is 0. The lowest BCUT2D eigenvalue weighted by molar-refractivity contribution is 0.424. The van der Waals surface area contributed by atoms with Crippen molar-refractivity contribution >= 4 is 0 Å². The van der Waals surface area contributed by atoms with Gasteiger partial charge in [-0.2, -0.15) is 0 Å². The second-order valence-electron chi connectivity index (χ2n) is 7.07. The quantitative estimate of drug-likeness (QED) is 0.305. The number of furan rings is 1. The summed E-state index contributed by atoms with van der Waals surface area (Å²) in [4.78, 5) is 0. The van der Waals surface area contributed by atoms with E-state index < -0.39 is 0 Å². The molecule has 1 nitrogen and oxygen atoms in total. The summed E-state index contributed by atoms with van der Waals surface area (Å²) in [6.45, 7) is 4.64. The minimum Gasteiger partial charge on any atom is -0.469 e. The van der Waals surface area contributed by atoms with Gasteiger partial charge in [0.05, 0.1) is 6.26 Å². The van der Waals surface area contributed by atoms with E-state index in [0.717, 1.165) is 18.1 Å². The summed E-state index contributed by atoms with van der Waals surface area (Å²) in [7, 11) is 0. The van der Waals surface area contributed by atoms with Crippen molar-refractivity contribution in [2.75, 3.05) is 0 Å². The number of rotatable bonds is 15. The topological polar surface area (TPSA) is 13.1 Å². The summed E-state index contributed by atoms with van der Waals surface area (Å²) in [5, 5.41) is 0. The smallest absolute Gasteiger partial charge is 0.104 e. The normalized spacial score (nSPS) is 12.6. The van der Waals surface area contributed by atoms with Gasteiger partial charge in [-0.1, -0.05) is 97.3 Å². The molecule has 0 radical (unpaired) electrons. The van der Waals surface area contributed by atoms with Gasteiger partial charge in [-0.15, -0.1) is 0 Å². The van der Waals surface area contributed by atoms with Gasteiger partial charge in [-0.05, 0) is 18.1 Å². The highest BCUT2D eigenvalue weighted by atomic mass is 16.3. The summed E-state index contributed by atoms with van der Waals surface area (Å²) in [6, 6.07) is 4.09. The summed E-state index contributed by atoms with van der Waals surface area (Å²) in [6.07, 6.45) is 21.5. The molecule has 0 aromatic carbocycles. The molecular formula is C21H38O. The van der Waals surface area contributed by atoms with Crippen molar-refractivity contribution in [3.05, 3.63) is 24.2 Å². The molecule has 1 heterocycles. The largest absolute Gasteiger partial charge is 0.469 e. The molecular weight excluding hydrogens is 268 g/mol. The Morgan fingerprint density at radius 3 is 1.86 bits per heavy atom. The van der Waals surface area contributed by atoms with Crippen LogP contribution in [0.3, 0.4) is 0 Å². The van der Waals surface area contributed by atoms with Gasteiger partial charge in [0, 0.05) is 6.42 Å². The Hall–Kier alpha value is -0.720. The number of unbranched alkanes of at least 4 members (excludes halogenated alkanes) is 11. The molecule has 0 N–H and O–H groups in total. The minimum absolute atomic E-state index is 0.759.